The Morgan fingerprint density at radius 2 is 2.20 bits per heavy atom. The third-order valence-electron chi connectivity index (χ3n) is 1.24. The molecule has 0 rings (SSSR count). The summed E-state index contributed by atoms with van der Waals surface area (Å²) >= 11 is 5.42. The molecule has 0 aliphatic heterocycles. The molecule has 0 aliphatic carbocycles. The molecule has 0 bridgehead atoms. The lowest BCUT2D eigenvalue weighted by atomic mass is 10.4. The Labute approximate surface area is 76.7 Å². The predicted molar refractivity (Wildman–Crippen MR) is 54.3 cm³/mol. The highest BCUT2D eigenvalue weighted by Gasteiger charge is 2.00. The topological polar surface area (TPSA) is 3.24 Å². The van der Waals surface area contributed by atoms with Crippen molar-refractivity contribution in [2.75, 3.05) is 32.1 Å². The summed E-state index contributed by atoms with van der Waals surface area (Å²) in [4.78, 5) is 2.95. The molecule has 0 heterocycles. The smallest absolute Gasteiger partial charge is 0.0244 e. The molecule has 0 aromatic rings. The van der Waals surface area contributed by atoms with Gasteiger partial charge in [0.05, 0.1) is 0 Å². The van der Waals surface area contributed by atoms with Gasteiger partial charge in [0.1, 0.15) is 0 Å². The maximum Gasteiger partial charge on any atom is 0.0244 e. The molecule has 10 heavy (non-hydrogen) atoms. The van der Waals surface area contributed by atoms with Crippen LogP contribution in [0.5, 0.6) is 0 Å². The van der Waals surface area contributed by atoms with Gasteiger partial charge < -0.3 is 4.90 Å². The van der Waals surface area contributed by atoms with Gasteiger partial charge >= 0.3 is 0 Å². The van der Waals surface area contributed by atoms with Crippen molar-refractivity contribution >= 4 is 27.7 Å². The van der Waals surface area contributed by atoms with Crippen molar-refractivity contribution < 1.29 is 0 Å². The molecule has 0 saturated carbocycles. The van der Waals surface area contributed by atoms with E-state index in [4.69, 9.17) is 0 Å². The van der Waals surface area contributed by atoms with Gasteiger partial charge in [0, 0.05) is 23.7 Å². The van der Waals surface area contributed by atoms with Crippen LogP contribution in [0, 0.1) is 0 Å². The van der Waals surface area contributed by atoms with Crippen molar-refractivity contribution in [3.05, 3.63) is 0 Å². The average molecular weight is 226 g/mol. The van der Waals surface area contributed by atoms with Crippen LogP contribution in [-0.4, -0.2) is 41.9 Å². The van der Waals surface area contributed by atoms with E-state index in [1.54, 1.807) is 0 Å². The fourth-order valence-electron chi connectivity index (χ4n) is 0.768. The van der Waals surface area contributed by atoms with Gasteiger partial charge in [-0.3, -0.25) is 0 Å². The van der Waals surface area contributed by atoms with E-state index in [0.717, 1.165) is 6.54 Å². The molecule has 0 spiro atoms. The van der Waals surface area contributed by atoms with Crippen LogP contribution in [0.1, 0.15) is 6.92 Å². The number of rotatable bonds is 5. The van der Waals surface area contributed by atoms with E-state index in [-0.39, 0.29) is 0 Å². The van der Waals surface area contributed by atoms with Crippen molar-refractivity contribution in [2.24, 2.45) is 0 Å². The first-order valence-corrected chi connectivity index (χ1v) is 5.79. The second kappa shape index (κ2) is 6.50. The molecule has 0 saturated heterocycles. The minimum atomic E-state index is 0.611. The molecule has 1 atom stereocenters. The first-order chi connectivity index (χ1) is 4.66. The third-order valence-corrected chi connectivity index (χ3v) is 2.12. The van der Waals surface area contributed by atoms with Gasteiger partial charge in [-0.25, -0.2) is 0 Å². The Balaban J connectivity index is 3.16. The summed E-state index contributed by atoms with van der Waals surface area (Å²) in [7, 11) is 2.16. The maximum absolute atomic E-state index is 3.52. The van der Waals surface area contributed by atoms with Crippen molar-refractivity contribution in [2.45, 2.75) is 11.8 Å². The number of halogens is 1. The molecule has 0 aromatic heterocycles. The zero-order valence-corrected chi connectivity index (χ0v) is 9.33. The van der Waals surface area contributed by atoms with Gasteiger partial charge in [0.2, 0.25) is 0 Å². The average Bonchev–Trinajstić information content (AvgIpc) is 1.82. The van der Waals surface area contributed by atoms with Crippen LogP contribution >= 0.6 is 27.7 Å². The SMILES string of the molecule is CSCCN(C)CC(C)Br. The quantitative estimate of drug-likeness (QED) is 0.660. The summed E-state index contributed by atoms with van der Waals surface area (Å²) in [6, 6.07) is 0. The lowest BCUT2D eigenvalue weighted by Crippen LogP contribution is -2.26. The molecule has 0 radical (unpaired) electrons. The minimum absolute atomic E-state index is 0.611. The van der Waals surface area contributed by atoms with Crippen LogP contribution in [0.15, 0.2) is 0 Å². The van der Waals surface area contributed by atoms with Crippen LogP contribution in [0.2, 0.25) is 0 Å². The van der Waals surface area contributed by atoms with E-state index in [2.05, 4.69) is 41.1 Å². The molecule has 0 aliphatic rings. The first-order valence-electron chi connectivity index (χ1n) is 3.48. The molecule has 62 valence electrons. The van der Waals surface area contributed by atoms with Crippen molar-refractivity contribution in [3.8, 4) is 0 Å². The summed E-state index contributed by atoms with van der Waals surface area (Å²) in [5.41, 5.74) is 0. The molecule has 3 heteroatoms. The monoisotopic (exact) mass is 225 g/mol. The number of hydrogen-bond acceptors (Lipinski definition) is 2. The van der Waals surface area contributed by atoms with E-state index < -0.39 is 0 Å². The highest BCUT2D eigenvalue weighted by Crippen LogP contribution is 2.00. The Morgan fingerprint density at radius 1 is 1.60 bits per heavy atom. The standard InChI is InChI=1S/C7H16BrNS/c1-7(8)6-9(2)4-5-10-3/h7H,4-6H2,1-3H3. The molecule has 0 amide bonds. The van der Waals surface area contributed by atoms with Crippen molar-refractivity contribution in [1.29, 1.82) is 0 Å². The van der Waals surface area contributed by atoms with Crippen LogP contribution in [0.4, 0.5) is 0 Å². The van der Waals surface area contributed by atoms with Gasteiger partial charge in [0.15, 0.2) is 0 Å². The third kappa shape index (κ3) is 6.90. The van der Waals surface area contributed by atoms with E-state index in [0.29, 0.717) is 4.83 Å². The normalized spacial score (nSPS) is 14.1. The lowest BCUT2D eigenvalue weighted by molar-refractivity contribution is 0.362. The molecule has 1 unspecified atom stereocenters. The summed E-state index contributed by atoms with van der Waals surface area (Å²) in [5, 5.41) is 0. The second-order valence-corrected chi connectivity index (χ2v) is 5.08. The zero-order chi connectivity index (χ0) is 7.98. The van der Waals surface area contributed by atoms with E-state index in [1.165, 1.54) is 12.3 Å². The van der Waals surface area contributed by atoms with Gasteiger partial charge in [-0.15, -0.1) is 0 Å². The lowest BCUT2D eigenvalue weighted by Gasteiger charge is -2.16. The Hall–Kier alpha value is 0.790. The molecule has 0 fully saturated rings. The number of alkyl halides is 1. The molecular formula is C7H16BrNS. The predicted octanol–water partition coefficient (Wildman–Crippen LogP) is 2.06. The van der Waals surface area contributed by atoms with Crippen LogP contribution in [-0.2, 0) is 0 Å². The number of thioether (sulfide) groups is 1. The second-order valence-electron chi connectivity index (χ2n) is 2.54. The van der Waals surface area contributed by atoms with Crippen LogP contribution < -0.4 is 0 Å². The summed E-state index contributed by atoms with van der Waals surface area (Å²) in [6.45, 7) is 4.51. The van der Waals surface area contributed by atoms with Gasteiger partial charge in [-0.2, -0.15) is 11.8 Å². The fourth-order valence-corrected chi connectivity index (χ4v) is 1.76. The largest absolute Gasteiger partial charge is 0.304 e. The highest BCUT2D eigenvalue weighted by atomic mass is 79.9. The van der Waals surface area contributed by atoms with E-state index in [9.17, 15) is 0 Å². The minimum Gasteiger partial charge on any atom is -0.304 e. The number of hydrogen-bond donors (Lipinski definition) is 0. The van der Waals surface area contributed by atoms with Crippen molar-refractivity contribution in [3.63, 3.8) is 0 Å². The van der Waals surface area contributed by atoms with Gasteiger partial charge in [-0.1, -0.05) is 22.9 Å². The maximum atomic E-state index is 3.52. The Bertz CT molecular complexity index is 78.0. The van der Waals surface area contributed by atoms with Gasteiger partial charge in [-0.05, 0) is 13.3 Å². The van der Waals surface area contributed by atoms with E-state index in [1.807, 2.05) is 11.8 Å². The molecule has 0 N–H and O–H groups in total. The summed E-state index contributed by atoms with van der Waals surface area (Å²) in [6.07, 6.45) is 2.14. The summed E-state index contributed by atoms with van der Waals surface area (Å²) < 4.78 is 0. The van der Waals surface area contributed by atoms with Gasteiger partial charge in [0.25, 0.3) is 0 Å². The Kier molecular flexibility index (Phi) is 7.01. The molecular weight excluding hydrogens is 210 g/mol. The highest BCUT2D eigenvalue weighted by molar-refractivity contribution is 9.09. The number of nitrogens with zero attached hydrogens (tertiary/aromatic N) is 1. The first kappa shape index (κ1) is 10.8. The van der Waals surface area contributed by atoms with Crippen LogP contribution in [0.3, 0.4) is 0 Å². The zero-order valence-electron chi connectivity index (χ0n) is 6.93. The van der Waals surface area contributed by atoms with Crippen LogP contribution in [0.25, 0.3) is 0 Å². The summed E-state index contributed by atoms with van der Waals surface area (Å²) in [5.74, 6) is 1.23. The fraction of sp³-hybridized carbons (Fsp3) is 1.00. The molecule has 1 nitrogen and oxygen atoms in total. The van der Waals surface area contributed by atoms with E-state index >= 15 is 0 Å². The Morgan fingerprint density at radius 3 is 2.60 bits per heavy atom. The van der Waals surface area contributed by atoms with Crippen molar-refractivity contribution in [1.82, 2.24) is 4.90 Å². The molecule has 0 aromatic carbocycles.